The second-order valence-corrected chi connectivity index (χ2v) is 5.40. The molecule has 2 atom stereocenters. The topological polar surface area (TPSA) is 55.4 Å². The average Bonchev–Trinajstić information content (AvgIpc) is 2.23. The predicted molar refractivity (Wildman–Crippen MR) is 66.8 cm³/mol. The Labute approximate surface area is 99.9 Å². The summed E-state index contributed by atoms with van der Waals surface area (Å²) in [6.07, 6.45) is 2.52. The number of hydrogen-bond donors (Lipinski definition) is 1. The van der Waals surface area contributed by atoms with Crippen molar-refractivity contribution in [2.75, 3.05) is 26.0 Å². The number of esters is 1. The Kier molecular flexibility index (Phi) is 8.11. The molecule has 1 N–H and O–H groups in total. The van der Waals surface area contributed by atoms with Gasteiger partial charge in [0.2, 0.25) is 0 Å². The molecule has 4 nitrogen and oxygen atoms in total. The molecule has 0 aromatic carbocycles. The van der Waals surface area contributed by atoms with Crippen LogP contribution in [0.1, 0.15) is 20.3 Å². The average molecular weight is 247 g/mol. The molecule has 94 valence electrons. The standard InChI is InChI=1S/C11H21NO3S/c1-5-15-11(13)9(2)8-12-7-6-10(3)16(4)14/h10,12H,2,5-8H2,1,3-4H3. The first-order chi connectivity index (χ1) is 7.49. The van der Waals surface area contributed by atoms with E-state index in [4.69, 9.17) is 4.74 Å². The Morgan fingerprint density at radius 3 is 2.69 bits per heavy atom. The van der Waals surface area contributed by atoms with Crippen LogP contribution >= 0.6 is 0 Å². The third kappa shape index (κ3) is 6.74. The first-order valence-electron chi connectivity index (χ1n) is 5.36. The molecule has 0 fully saturated rings. The summed E-state index contributed by atoms with van der Waals surface area (Å²) in [5.74, 6) is -0.359. The van der Waals surface area contributed by atoms with Crippen LogP contribution in [0, 0.1) is 0 Å². The van der Waals surface area contributed by atoms with Gasteiger partial charge in [-0.15, -0.1) is 0 Å². The van der Waals surface area contributed by atoms with E-state index in [9.17, 15) is 9.00 Å². The van der Waals surface area contributed by atoms with Crippen molar-refractivity contribution >= 4 is 16.8 Å². The molecular formula is C11H21NO3S. The monoisotopic (exact) mass is 247 g/mol. The minimum Gasteiger partial charge on any atom is -0.463 e. The molecule has 0 spiro atoms. The lowest BCUT2D eigenvalue weighted by atomic mass is 10.3. The molecule has 0 amide bonds. The Bertz CT molecular complexity index is 266. The zero-order valence-corrected chi connectivity index (χ0v) is 11.1. The highest BCUT2D eigenvalue weighted by atomic mass is 32.2. The lowest BCUT2D eigenvalue weighted by Gasteiger charge is -2.10. The highest BCUT2D eigenvalue weighted by molar-refractivity contribution is 7.84. The number of ether oxygens (including phenoxy) is 1. The van der Waals surface area contributed by atoms with Gasteiger partial charge >= 0.3 is 5.97 Å². The van der Waals surface area contributed by atoms with Crippen LogP contribution in [0.15, 0.2) is 12.2 Å². The Morgan fingerprint density at radius 2 is 2.19 bits per heavy atom. The summed E-state index contributed by atoms with van der Waals surface area (Å²) in [6, 6.07) is 0. The molecule has 0 radical (unpaired) electrons. The van der Waals surface area contributed by atoms with E-state index >= 15 is 0 Å². The molecule has 0 heterocycles. The van der Waals surface area contributed by atoms with E-state index in [1.54, 1.807) is 13.2 Å². The third-order valence-electron chi connectivity index (χ3n) is 2.20. The van der Waals surface area contributed by atoms with Gasteiger partial charge < -0.3 is 10.1 Å². The Balaban J connectivity index is 3.63. The molecule has 0 bridgehead atoms. The van der Waals surface area contributed by atoms with Gasteiger partial charge in [-0.25, -0.2) is 4.79 Å². The van der Waals surface area contributed by atoms with E-state index in [2.05, 4.69) is 11.9 Å². The van der Waals surface area contributed by atoms with Crippen LogP contribution in [0.2, 0.25) is 0 Å². The quantitative estimate of drug-likeness (QED) is 0.392. The predicted octanol–water partition coefficient (Wildman–Crippen LogP) is 0.852. The first-order valence-corrected chi connectivity index (χ1v) is 6.99. The molecular weight excluding hydrogens is 226 g/mol. The van der Waals surface area contributed by atoms with Gasteiger partial charge in [0.15, 0.2) is 0 Å². The molecule has 0 aromatic rings. The molecule has 0 aliphatic heterocycles. The fourth-order valence-corrected chi connectivity index (χ4v) is 1.47. The smallest absolute Gasteiger partial charge is 0.334 e. The van der Waals surface area contributed by atoms with Gasteiger partial charge in [-0.3, -0.25) is 4.21 Å². The van der Waals surface area contributed by atoms with Crippen LogP contribution in [0.4, 0.5) is 0 Å². The van der Waals surface area contributed by atoms with E-state index in [1.165, 1.54) is 0 Å². The lowest BCUT2D eigenvalue weighted by Crippen LogP contribution is -2.25. The molecule has 0 aliphatic carbocycles. The zero-order valence-electron chi connectivity index (χ0n) is 10.2. The maximum Gasteiger partial charge on any atom is 0.334 e. The zero-order chi connectivity index (χ0) is 12.6. The van der Waals surface area contributed by atoms with E-state index in [0.29, 0.717) is 18.7 Å². The number of carbonyl (C=O) groups excluding carboxylic acids is 1. The maximum atomic E-state index is 11.2. The van der Waals surface area contributed by atoms with Crippen molar-refractivity contribution in [3.05, 3.63) is 12.2 Å². The van der Waals surface area contributed by atoms with E-state index < -0.39 is 10.8 Å². The van der Waals surface area contributed by atoms with Gasteiger partial charge in [0.25, 0.3) is 0 Å². The van der Waals surface area contributed by atoms with Crippen LogP contribution in [0.3, 0.4) is 0 Å². The highest BCUT2D eigenvalue weighted by Gasteiger charge is 2.08. The fourth-order valence-electron chi connectivity index (χ4n) is 1.02. The van der Waals surface area contributed by atoms with Crippen molar-refractivity contribution in [1.29, 1.82) is 0 Å². The summed E-state index contributed by atoms with van der Waals surface area (Å²) in [5, 5.41) is 3.25. The SMILES string of the molecule is C=C(CNCCC(C)S(C)=O)C(=O)OCC. The fraction of sp³-hybridized carbons (Fsp3) is 0.727. The molecule has 5 heteroatoms. The lowest BCUT2D eigenvalue weighted by molar-refractivity contribution is -0.138. The largest absolute Gasteiger partial charge is 0.463 e. The van der Waals surface area contributed by atoms with Crippen molar-refractivity contribution in [2.45, 2.75) is 25.5 Å². The van der Waals surface area contributed by atoms with Crippen molar-refractivity contribution in [2.24, 2.45) is 0 Å². The highest BCUT2D eigenvalue weighted by Crippen LogP contribution is 1.98. The van der Waals surface area contributed by atoms with Crippen LogP contribution in [0.5, 0.6) is 0 Å². The first kappa shape index (κ1) is 15.3. The minimum atomic E-state index is -0.790. The summed E-state index contributed by atoms with van der Waals surface area (Å²) in [6.45, 7) is 8.84. The number of rotatable bonds is 8. The molecule has 16 heavy (non-hydrogen) atoms. The third-order valence-corrected chi connectivity index (χ3v) is 3.57. The van der Waals surface area contributed by atoms with Gasteiger partial charge in [0, 0.05) is 34.4 Å². The van der Waals surface area contributed by atoms with Gasteiger partial charge in [-0.2, -0.15) is 0 Å². The van der Waals surface area contributed by atoms with Gasteiger partial charge in [0.1, 0.15) is 0 Å². The van der Waals surface area contributed by atoms with Crippen molar-refractivity contribution in [3.63, 3.8) is 0 Å². The molecule has 0 rings (SSSR count). The van der Waals surface area contributed by atoms with Gasteiger partial charge in [-0.1, -0.05) is 13.5 Å². The summed E-state index contributed by atoms with van der Waals surface area (Å²) < 4.78 is 15.8. The number of carbonyl (C=O) groups is 1. The molecule has 2 unspecified atom stereocenters. The normalized spacial score (nSPS) is 14.2. The second kappa shape index (κ2) is 8.47. The van der Waals surface area contributed by atoms with E-state index in [1.807, 2.05) is 6.92 Å². The van der Waals surface area contributed by atoms with Gasteiger partial charge in [0.05, 0.1) is 6.61 Å². The van der Waals surface area contributed by atoms with E-state index in [-0.39, 0.29) is 11.2 Å². The molecule has 0 aliphatic rings. The summed E-state index contributed by atoms with van der Waals surface area (Å²) in [7, 11) is -0.790. The second-order valence-electron chi connectivity index (χ2n) is 3.60. The number of hydrogen-bond acceptors (Lipinski definition) is 4. The molecule has 0 aromatic heterocycles. The molecule has 0 saturated heterocycles. The van der Waals surface area contributed by atoms with Gasteiger partial charge in [-0.05, 0) is 19.9 Å². The minimum absolute atomic E-state index is 0.170. The van der Waals surface area contributed by atoms with Crippen molar-refractivity contribution in [3.8, 4) is 0 Å². The van der Waals surface area contributed by atoms with E-state index in [0.717, 1.165) is 13.0 Å². The van der Waals surface area contributed by atoms with Crippen LogP contribution in [-0.2, 0) is 20.3 Å². The van der Waals surface area contributed by atoms with Crippen LogP contribution < -0.4 is 5.32 Å². The maximum absolute atomic E-state index is 11.2. The summed E-state index contributed by atoms with van der Waals surface area (Å²) in [4.78, 5) is 11.2. The molecule has 0 saturated carbocycles. The summed E-state index contributed by atoms with van der Waals surface area (Å²) >= 11 is 0. The van der Waals surface area contributed by atoms with Crippen LogP contribution in [0.25, 0.3) is 0 Å². The van der Waals surface area contributed by atoms with Crippen molar-refractivity contribution < 1.29 is 13.7 Å². The van der Waals surface area contributed by atoms with Crippen molar-refractivity contribution in [1.82, 2.24) is 5.32 Å². The Morgan fingerprint density at radius 1 is 1.56 bits per heavy atom. The van der Waals surface area contributed by atoms with Crippen LogP contribution in [-0.4, -0.2) is 41.4 Å². The summed E-state index contributed by atoms with van der Waals surface area (Å²) in [5.41, 5.74) is 0.423. The number of nitrogens with one attached hydrogen (secondary N) is 1. The Hall–Kier alpha value is -0.680.